The van der Waals surface area contributed by atoms with Gasteiger partial charge in [-0.05, 0) is 37.5 Å². The molecule has 112 valence electrons. The SMILES string of the molecule is CC1CCC(C2CC(=O)NC(=O)C2c2ccc(Cl)cc2)O1. The largest absolute Gasteiger partial charge is 0.375 e. The smallest absolute Gasteiger partial charge is 0.234 e. The van der Waals surface area contributed by atoms with Gasteiger partial charge >= 0.3 is 0 Å². The summed E-state index contributed by atoms with van der Waals surface area (Å²) in [6.07, 6.45) is 2.37. The Bertz CT molecular complexity index is 557. The molecule has 2 aliphatic rings. The first-order valence-corrected chi connectivity index (χ1v) is 7.67. The Morgan fingerprint density at radius 1 is 1.19 bits per heavy atom. The molecule has 0 aromatic heterocycles. The lowest BCUT2D eigenvalue weighted by atomic mass is 9.76. The molecule has 1 N–H and O–H groups in total. The topological polar surface area (TPSA) is 55.4 Å². The maximum atomic E-state index is 12.3. The highest BCUT2D eigenvalue weighted by atomic mass is 35.5. The third-order valence-corrected chi connectivity index (χ3v) is 4.62. The minimum absolute atomic E-state index is 0.0318. The van der Waals surface area contributed by atoms with Crippen LogP contribution in [-0.2, 0) is 14.3 Å². The highest BCUT2D eigenvalue weighted by molar-refractivity contribution is 6.30. The molecule has 4 nitrogen and oxygen atoms in total. The van der Waals surface area contributed by atoms with Crippen molar-refractivity contribution in [1.29, 1.82) is 0 Å². The quantitative estimate of drug-likeness (QED) is 0.855. The zero-order valence-corrected chi connectivity index (χ0v) is 12.6. The van der Waals surface area contributed by atoms with Gasteiger partial charge in [-0.3, -0.25) is 14.9 Å². The van der Waals surface area contributed by atoms with Crippen molar-refractivity contribution in [2.45, 2.75) is 44.3 Å². The van der Waals surface area contributed by atoms with Crippen LogP contribution in [0.15, 0.2) is 24.3 Å². The Kier molecular flexibility index (Phi) is 4.00. The molecule has 0 bridgehead atoms. The van der Waals surface area contributed by atoms with E-state index in [0.717, 1.165) is 18.4 Å². The Balaban J connectivity index is 1.91. The van der Waals surface area contributed by atoms with Crippen LogP contribution in [0, 0.1) is 5.92 Å². The van der Waals surface area contributed by atoms with Gasteiger partial charge in [-0.15, -0.1) is 0 Å². The fourth-order valence-electron chi connectivity index (χ4n) is 3.36. The second kappa shape index (κ2) is 5.78. The molecule has 2 fully saturated rings. The molecule has 21 heavy (non-hydrogen) atoms. The maximum Gasteiger partial charge on any atom is 0.234 e. The van der Waals surface area contributed by atoms with Crippen molar-refractivity contribution in [1.82, 2.24) is 5.32 Å². The Hall–Kier alpha value is -1.39. The molecule has 0 spiro atoms. The van der Waals surface area contributed by atoms with Crippen LogP contribution in [0.1, 0.15) is 37.7 Å². The van der Waals surface area contributed by atoms with Crippen LogP contribution < -0.4 is 5.32 Å². The third kappa shape index (κ3) is 2.97. The van der Waals surface area contributed by atoms with Crippen molar-refractivity contribution in [3.05, 3.63) is 34.9 Å². The summed E-state index contributed by atoms with van der Waals surface area (Å²) in [6, 6.07) is 7.26. The number of nitrogens with one attached hydrogen (secondary N) is 1. The van der Waals surface area contributed by atoms with E-state index in [1.807, 2.05) is 19.1 Å². The molecule has 2 saturated heterocycles. The summed E-state index contributed by atoms with van der Waals surface area (Å²) >= 11 is 5.91. The Morgan fingerprint density at radius 3 is 2.52 bits per heavy atom. The van der Waals surface area contributed by atoms with E-state index in [1.54, 1.807) is 12.1 Å². The van der Waals surface area contributed by atoms with Crippen LogP contribution >= 0.6 is 11.6 Å². The fourth-order valence-corrected chi connectivity index (χ4v) is 3.48. The van der Waals surface area contributed by atoms with Crippen molar-refractivity contribution in [3.8, 4) is 0 Å². The van der Waals surface area contributed by atoms with Gasteiger partial charge in [0.25, 0.3) is 0 Å². The second-order valence-corrected chi connectivity index (χ2v) is 6.31. The molecule has 4 atom stereocenters. The molecule has 5 heteroatoms. The summed E-state index contributed by atoms with van der Waals surface area (Å²) in [5, 5.41) is 3.07. The normalized spacial score (nSPS) is 33.0. The molecule has 2 amide bonds. The molecular weight excluding hydrogens is 290 g/mol. The molecule has 1 aromatic rings. The number of ether oxygens (including phenoxy) is 1. The number of benzene rings is 1. The maximum absolute atomic E-state index is 12.3. The number of carbonyl (C=O) groups is 2. The van der Waals surface area contributed by atoms with E-state index in [2.05, 4.69) is 5.32 Å². The minimum atomic E-state index is -0.352. The molecule has 2 aliphatic heterocycles. The van der Waals surface area contributed by atoms with E-state index >= 15 is 0 Å². The number of carbonyl (C=O) groups excluding carboxylic acids is 2. The summed E-state index contributed by atoms with van der Waals surface area (Å²) in [6.45, 7) is 2.03. The van der Waals surface area contributed by atoms with E-state index in [0.29, 0.717) is 11.4 Å². The Morgan fingerprint density at radius 2 is 1.90 bits per heavy atom. The van der Waals surface area contributed by atoms with Gasteiger partial charge in [0.1, 0.15) is 0 Å². The second-order valence-electron chi connectivity index (χ2n) is 5.87. The number of halogens is 1. The van der Waals surface area contributed by atoms with Gasteiger partial charge in [-0.1, -0.05) is 23.7 Å². The van der Waals surface area contributed by atoms with Crippen molar-refractivity contribution in [3.63, 3.8) is 0 Å². The van der Waals surface area contributed by atoms with Gasteiger partial charge in [0.15, 0.2) is 0 Å². The summed E-state index contributed by atoms with van der Waals surface area (Å²) in [4.78, 5) is 24.1. The third-order valence-electron chi connectivity index (χ3n) is 4.37. The van der Waals surface area contributed by atoms with Crippen LogP contribution in [0.5, 0.6) is 0 Å². The van der Waals surface area contributed by atoms with Crippen molar-refractivity contribution < 1.29 is 14.3 Å². The molecule has 2 heterocycles. The van der Waals surface area contributed by atoms with Gasteiger partial charge < -0.3 is 4.74 Å². The summed E-state index contributed by atoms with van der Waals surface area (Å²) < 4.78 is 5.91. The zero-order chi connectivity index (χ0) is 15.0. The molecular formula is C16H18ClNO3. The average Bonchev–Trinajstić information content (AvgIpc) is 2.86. The average molecular weight is 308 g/mol. The van der Waals surface area contributed by atoms with E-state index < -0.39 is 0 Å². The van der Waals surface area contributed by atoms with E-state index in [1.165, 1.54) is 0 Å². The first-order valence-electron chi connectivity index (χ1n) is 7.29. The van der Waals surface area contributed by atoms with E-state index in [4.69, 9.17) is 16.3 Å². The molecule has 4 unspecified atom stereocenters. The molecule has 0 radical (unpaired) electrons. The minimum Gasteiger partial charge on any atom is -0.375 e. The number of amides is 2. The van der Waals surface area contributed by atoms with Gasteiger partial charge in [0.2, 0.25) is 11.8 Å². The van der Waals surface area contributed by atoms with Gasteiger partial charge in [0, 0.05) is 17.4 Å². The monoisotopic (exact) mass is 307 g/mol. The van der Waals surface area contributed by atoms with Crippen LogP contribution in [0.25, 0.3) is 0 Å². The predicted molar refractivity (Wildman–Crippen MR) is 79.0 cm³/mol. The number of hydrogen-bond donors (Lipinski definition) is 1. The van der Waals surface area contributed by atoms with Crippen LogP contribution in [0.2, 0.25) is 5.02 Å². The first-order chi connectivity index (χ1) is 10.0. The van der Waals surface area contributed by atoms with E-state index in [9.17, 15) is 9.59 Å². The van der Waals surface area contributed by atoms with Gasteiger partial charge in [-0.25, -0.2) is 0 Å². The highest BCUT2D eigenvalue weighted by Gasteiger charge is 2.43. The van der Waals surface area contributed by atoms with Crippen LogP contribution in [0.4, 0.5) is 0 Å². The molecule has 0 aliphatic carbocycles. The molecule has 0 saturated carbocycles. The number of piperidine rings is 1. The first kappa shape index (κ1) is 14.5. The lowest BCUT2D eigenvalue weighted by molar-refractivity contribution is -0.139. The number of rotatable bonds is 2. The van der Waals surface area contributed by atoms with Gasteiger partial charge in [0.05, 0.1) is 18.1 Å². The molecule has 1 aromatic carbocycles. The highest BCUT2D eigenvalue weighted by Crippen LogP contribution is 2.39. The lowest BCUT2D eigenvalue weighted by Crippen LogP contribution is -2.48. The summed E-state index contributed by atoms with van der Waals surface area (Å²) in [5.41, 5.74) is 0.887. The number of hydrogen-bond acceptors (Lipinski definition) is 3. The standard InChI is InChI=1S/C16H18ClNO3/c1-9-2-7-13(21-9)12-8-14(19)18-16(20)15(12)10-3-5-11(17)6-4-10/h3-6,9,12-13,15H,2,7-8H2,1H3,(H,18,19,20). The predicted octanol–water partition coefficient (Wildman–Crippen LogP) is 2.65. The van der Waals surface area contributed by atoms with Crippen molar-refractivity contribution >= 4 is 23.4 Å². The van der Waals surface area contributed by atoms with Gasteiger partial charge in [-0.2, -0.15) is 0 Å². The Labute approximate surface area is 128 Å². The lowest BCUT2D eigenvalue weighted by Gasteiger charge is -2.34. The van der Waals surface area contributed by atoms with Crippen LogP contribution in [-0.4, -0.2) is 24.0 Å². The summed E-state index contributed by atoms with van der Waals surface area (Å²) in [7, 11) is 0. The van der Waals surface area contributed by atoms with Crippen molar-refractivity contribution in [2.75, 3.05) is 0 Å². The zero-order valence-electron chi connectivity index (χ0n) is 11.8. The summed E-state index contributed by atoms with van der Waals surface area (Å²) in [5.74, 6) is -0.896. The van der Waals surface area contributed by atoms with E-state index in [-0.39, 0.29) is 35.9 Å². The number of imide groups is 1. The van der Waals surface area contributed by atoms with Crippen LogP contribution in [0.3, 0.4) is 0 Å². The van der Waals surface area contributed by atoms with Crippen molar-refractivity contribution in [2.24, 2.45) is 5.92 Å². The fraction of sp³-hybridized carbons (Fsp3) is 0.500. The molecule has 3 rings (SSSR count).